The summed E-state index contributed by atoms with van der Waals surface area (Å²) in [7, 11) is 0. The van der Waals surface area contributed by atoms with Gasteiger partial charge in [0, 0.05) is 5.56 Å². The number of hydrogen-bond acceptors (Lipinski definition) is 4. The highest BCUT2D eigenvalue weighted by molar-refractivity contribution is 6.18. The first kappa shape index (κ1) is 15.7. The van der Waals surface area contributed by atoms with Gasteiger partial charge in [-0.15, -0.1) is 5.73 Å². The highest BCUT2D eigenvalue weighted by Gasteiger charge is 2.20. The Morgan fingerprint density at radius 2 is 1.70 bits per heavy atom. The topological polar surface area (TPSA) is 52.6 Å². The van der Waals surface area contributed by atoms with E-state index in [1.54, 1.807) is 51.1 Å². The summed E-state index contributed by atoms with van der Waals surface area (Å²) in [5.74, 6) is -0.981. The molecule has 4 nitrogen and oxygen atoms in total. The van der Waals surface area contributed by atoms with Crippen molar-refractivity contribution in [1.29, 1.82) is 0 Å². The summed E-state index contributed by atoms with van der Waals surface area (Å²) < 4.78 is 9.99. The van der Waals surface area contributed by atoms with Crippen LogP contribution in [0.4, 0.5) is 0 Å². The molecule has 0 aliphatic carbocycles. The molecule has 1 rings (SSSR count). The summed E-state index contributed by atoms with van der Waals surface area (Å²) in [4.78, 5) is 23.9. The number of benzene rings is 1. The van der Waals surface area contributed by atoms with Crippen LogP contribution in [0.3, 0.4) is 0 Å². The second kappa shape index (κ2) is 7.97. The Kier molecular flexibility index (Phi) is 6.27. The summed E-state index contributed by atoms with van der Waals surface area (Å²) in [6.07, 6.45) is 1.61. The van der Waals surface area contributed by atoms with Gasteiger partial charge in [-0.3, -0.25) is 0 Å². The van der Waals surface area contributed by atoms with Crippen molar-refractivity contribution >= 4 is 17.5 Å². The van der Waals surface area contributed by atoms with Gasteiger partial charge < -0.3 is 9.47 Å². The van der Waals surface area contributed by atoms with E-state index in [1.165, 1.54) is 0 Å². The second-order valence-corrected chi connectivity index (χ2v) is 3.79. The van der Waals surface area contributed by atoms with Gasteiger partial charge in [-0.25, -0.2) is 9.59 Å². The Hall–Kier alpha value is -2.32. The zero-order valence-corrected chi connectivity index (χ0v) is 11.9. The van der Waals surface area contributed by atoms with Crippen molar-refractivity contribution in [2.75, 3.05) is 13.2 Å². The van der Waals surface area contributed by atoms with Crippen LogP contribution in [0.25, 0.3) is 5.57 Å². The molecule has 106 valence electrons. The lowest BCUT2D eigenvalue weighted by Crippen LogP contribution is -2.12. The Morgan fingerprint density at radius 1 is 1.10 bits per heavy atom. The molecule has 0 atom stereocenters. The van der Waals surface area contributed by atoms with Gasteiger partial charge in [0.25, 0.3) is 0 Å². The fraction of sp³-hybridized carbons (Fsp3) is 0.312. The minimum atomic E-state index is -0.512. The van der Waals surface area contributed by atoms with Crippen LogP contribution in [0.5, 0.6) is 0 Å². The van der Waals surface area contributed by atoms with Crippen molar-refractivity contribution in [1.82, 2.24) is 0 Å². The van der Waals surface area contributed by atoms with E-state index in [0.29, 0.717) is 11.1 Å². The van der Waals surface area contributed by atoms with Crippen LogP contribution in [0.15, 0.2) is 36.1 Å². The van der Waals surface area contributed by atoms with E-state index in [0.717, 1.165) is 0 Å². The molecule has 0 bridgehead atoms. The van der Waals surface area contributed by atoms with Gasteiger partial charge >= 0.3 is 11.9 Å². The van der Waals surface area contributed by atoms with Crippen molar-refractivity contribution in [3.8, 4) is 0 Å². The zero-order valence-electron chi connectivity index (χ0n) is 11.9. The number of ether oxygens (including phenoxy) is 2. The first-order valence-corrected chi connectivity index (χ1v) is 6.50. The minimum absolute atomic E-state index is 0.220. The summed E-state index contributed by atoms with van der Waals surface area (Å²) >= 11 is 0. The van der Waals surface area contributed by atoms with Crippen LogP contribution in [0.2, 0.25) is 0 Å². The van der Waals surface area contributed by atoms with Gasteiger partial charge in [-0.1, -0.05) is 18.2 Å². The Bertz CT molecular complexity index is 551. The van der Waals surface area contributed by atoms with Crippen LogP contribution in [0.1, 0.15) is 36.7 Å². The predicted octanol–water partition coefficient (Wildman–Crippen LogP) is 2.98. The number of carbonyl (C=O) groups is 2. The summed E-state index contributed by atoms with van der Waals surface area (Å²) in [5, 5.41) is 0. The average molecular weight is 274 g/mol. The van der Waals surface area contributed by atoms with Gasteiger partial charge in [0.15, 0.2) is 0 Å². The summed E-state index contributed by atoms with van der Waals surface area (Å²) in [6.45, 7) is 5.73. The maximum Gasteiger partial charge on any atom is 0.346 e. The molecule has 1 aromatic rings. The molecule has 0 aliphatic heterocycles. The van der Waals surface area contributed by atoms with Gasteiger partial charge in [0.1, 0.15) is 5.57 Å². The van der Waals surface area contributed by atoms with Crippen molar-refractivity contribution in [3.63, 3.8) is 0 Å². The maximum absolute atomic E-state index is 12.0. The number of rotatable bonds is 5. The van der Waals surface area contributed by atoms with Crippen molar-refractivity contribution in [2.45, 2.75) is 20.8 Å². The van der Waals surface area contributed by atoms with Gasteiger partial charge in [0.05, 0.1) is 18.8 Å². The monoisotopic (exact) mass is 274 g/mol. The highest BCUT2D eigenvalue weighted by atomic mass is 16.5. The van der Waals surface area contributed by atoms with E-state index < -0.39 is 11.9 Å². The molecule has 0 unspecified atom stereocenters. The van der Waals surface area contributed by atoms with Crippen LogP contribution in [0, 0.1) is 0 Å². The van der Waals surface area contributed by atoms with E-state index in [4.69, 9.17) is 9.47 Å². The molecule has 0 heterocycles. The van der Waals surface area contributed by atoms with Gasteiger partial charge in [-0.05, 0) is 32.9 Å². The average Bonchev–Trinajstić information content (AvgIpc) is 2.45. The standard InChI is InChI=1S/C16H18O4/c1-4-9-13(15(17)19-5-2)12-10-7-8-11-14(12)16(18)20-6-3/h4,7-8,10-11H,5-6H2,1-3H3. The first-order valence-electron chi connectivity index (χ1n) is 6.50. The minimum Gasteiger partial charge on any atom is -0.462 e. The molecule has 0 saturated heterocycles. The third kappa shape index (κ3) is 3.84. The lowest BCUT2D eigenvalue weighted by atomic mass is 10.00. The largest absolute Gasteiger partial charge is 0.462 e. The molecular weight excluding hydrogens is 256 g/mol. The molecule has 20 heavy (non-hydrogen) atoms. The molecule has 0 aliphatic rings. The predicted molar refractivity (Wildman–Crippen MR) is 76.2 cm³/mol. The Labute approximate surface area is 118 Å². The number of hydrogen-bond donors (Lipinski definition) is 0. The molecule has 0 saturated carbocycles. The van der Waals surface area contributed by atoms with E-state index >= 15 is 0 Å². The Balaban J connectivity index is 3.32. The molecule has 4 heteroatoms. The summed E-state index contributed by atoms with van der Waals surface area (Å²) in [5.41, 5.74) is 3.84. The number of esters is 2. The molecule has 0 aromatic heterocycles. The molecule has 0 spiro atoms. The quantitative estimate of drug-likeness (QED) is 0.470. The first-order chi connectivity index (χ1) is 9.65. The van der Waals surface area contributed by atoms with Crippen LogP contribution in [-0.2, 0) is 14.3 Å². The molecule has 0 radical (unpaired) electrons. The molecular formula is C16H18O4. The van der Waals surface area contributed by atoms with Crippen LogP contribution < -0.4 is 0 Å². The summed E-state index contributed by atoms with van der Waals surface area (Å²) in [6, 6.07) is 6.75. The van der Waals surface area contributed by atoms with Gasteiger partial charge in [-0.2, -0.15) is 0 Å². The SMILES string of the molecule is CC=C=C(C(=O)OCC)c1ccccc1C(=O)OCC. The zero-order chi connectivity index (χ0) is 15.0. The third-order valence-corrected chi connectivity index (χ3v) is 2.46. The van der Waals surface area contributed by atoms with Crippen molar-refractivity contribution < 1.29 is 19.1 Å². The highest BCUT2D eigenvalue weighted by Crippen LogP contribution is 2.21. The number of carbonyl (C=O) groups excluding carboxylic acids is 2. The second-order valence-electron chi connectivity index (χ2n) is 3.79. The lowest BCUT2D eigenvalue weighted by Gasteiger charge is -2.10. The molecule has 0 fully saturated rings. The molecule has 1 aromatic carbocycles. The molecule has 0 amide bonds. The van der Waals surface area contributed by atoms with E-state index in [1.807, 2.05) is 0 Å². The van der Waals surface area contributed by atoms with E-state index in [-0.39, 0.29) is 18.8 Å². The van der Waals surface area contributed by atoms with E-state index in [2.05, 4.69) is 5.73 Å². The van der Waals surface area contributed by atoms with Crippen LogP contribution in [-0.4, -0.2) is 25.2 Å². The fourth-order valence-electron chi connectivity index (χ4n) is 1.68. The normalized spacial score (nSPS) is 9.35. The van der Waals surface area contributed by atoms with E-state index in [9.17, 15) is 9.59 Å². The molecule has 0 N–H and O–H groups in total. The van der Waals surface area contributed by atoms with Crippen molar-refractivity contribution in [2.24, 2.45) is 0 Å². The third-order valence-electron chi connectivity index (χ3n) is 2.46. The lowest BCUT2D eigenvalue weighted by molar-refractivity contribution is -0.136. The van der Waals surface area contributed by atoms with Crippen molar-refractivity contribution in [3.05, 3.63) is 47.2 Å². The van der Waals surface area contributed by atoms with Gasteiger partial charge in [0.2, 0.25) is 0 Å². The maximum atomic E-state index is 12.0. The Morgan fingerprint density at radius 3 is 2.25 bits per heavy atom. The van der Waals surface area contributed by atoms with Crippen LogP contribution >= 0.6 is 0 Å². The fourth-order valence-corrected chi connectivity index (χ4v) is 1.68. The smallest absolute Gasteiger partial charge is 0.346 e.